The number of hydrogen-bond donors (Lipinski definition) is 1. The molecular weight excluding hydrogens is 408 g/mol. The van der Waals surface area contributed by atoms with Crippen LogP contribution in [0.2, 0.25) is 0 Å². The molecule has 7 heteroatoms. The number of benzene rings is 2. The molecule has 1 amide bonds. The van der Waals surface area contributed by atoms with Crippen LogP contribution in [-0.2, 0) is 11.2 Å². The predicted molar refractivity (Wildman–Crippen MR) is 125 cm³/mol. The molecule has 31 heavy (non-hydrogen) atoms. The van der Waals surface area contributed by atoms with Crippen LogP contribution in [0.4, 0.5) is 0 Å². The molecule has 1 N–H and O–H groups in total. The minimum absolute atomic E-state index is 0.00422. The Morgan fingerprint density at radius 3 is 2.42 bits per heavy atom. The van der Waals surface area contributed by atoms with E-state index in [1.54, 1.807) is 0 Å². The average Bonchev–Trinajstić information content (AvgIpc) is 3.15. The summed E-state index contributed by atoms with van der Waals surface area (Å²) in [6, 6.07) is 18.1. The zero-order valence-corrected chi connectivity index (χ0v) is 19.4. The highest BCUT2D eigenvalue weighted by molar-refractivity contribution is 8.00. The van der Waals surface area contributed by atoms with Crippen molar-refractivity contribution in [3.05, 3.63) is 66.0 Å². The van der Waals surface area contributed by atoms with Crippen molar-refractivity contribution in [2.24, 2.45) is 5.92 Å². The molecule has 2 aromatic carbocycles. The van der Waals surface area contributed by atoms with Gasteiger partial charge in [0, 0.05) is 18.7 Å². The van der Waals surface area contributed by atoms with Crippen LogP contribution in [0.5, 0.6) is 5.75 Å². The van der Waals surface area contributed by atoms with E-state index < -0.39 is 0 Å². The van der Waals surface area contributed by atoms with Gasteiger partial charge in [-0.15, -0.1) is 10.2 Å². The van der Waals surface area contributed by atoms with Gasteiger partial charge in [0.2, 0.25) is 5.91 Å². The fraction of sp³-hybridized carbons (Fsp3) is 0.375. The van der Waals surface area contributed by atoms with Crippen LogP contribution >= 0.6 is 11.8 Å². The van der Waals surface area contributed by atoms with Crippen LogP contribution in [0.15, 0.2) is 59.8 Å². The number of rotatable bonds is 10. The van der Waals surface area contributed by atoms with Crippen molar-refractivity contribution in [2.75, 3.05) is 13.2 Å². The second kappa shape index (κ2) is 11.0. The highest BCUT2D eigenvalue weighted by atomic mass is 32.2. The van der Waals surface area contributed by atoms with Crippen LogP contribution in [0.25, 0.3) is 5.69 Å². The Morgan fingerprint density at radius 2 is 1.77 bits per heavy atom. The molecule has 0 spiro atoms. The molecule has 0 aliphatic carbocycles. The third-order valence-corrected chi connectivity index (χ3v) is 5.69. The SMILES string of the molecule is CCOc1ccc(-n2c(Cc3ccccc3)nnc2SC(C)C(=O)NCC(C)C)cc1. The zero-order valence-electron chi connectivity index (χ0n) is 18.5. The first-order valence-electron chi connectivity index (χ1n) is 10.6. The molecule has 164 valence electrons. The molecule has 0 saturated heterocycles. The highest BCUT2D eigenvalue weighted by Crippen LogP contribution is 2.28. The second-order valence-electron chi connectivity index (χ2n) is 7.72. The normalized spacial score (nSPS) is 12.0. The molecule has 1 aromatic heterocycles. The van der Waals surface area contributed by atoms with Crippen molar-refractivity contribution >= 4 is 17.7 Å². The van der Waals surface area contributed by atoms with Crippen molar-refractivity contribution in [3.8, 4) is 11.4 Å². The van der Waals surface area contributed by atoms with Crippen LogP contribution in [-0.4, -0.2) is 39.1 Å². The van der Waals surface area contributed by atoms with E-state index in [2.05, 4.69) is 41.5 Å². The molecule has 0 aliphatic heterocycles. The molecule has 3 aromatic rings. The highest BCUT2D eigenvalue weighted by Gasteiger charge is 2.21. The summed E-state index contributed by atoms with van der Waals surface area (Å²) in [5, 5.41) is 12.3. The Bertz CT molecular complexity index is 971. The van der Waals surface area contributed by atoms with Crippen molar-refractivity contribution < 1.29 is 9.53 Å². The molecule has 0 radical (unpaired) electrons. The lowest BCUT2D eigenvalue weighted by atomic mass is 10.1. The van der Waals surface area contributed by atoms with Crippen LogP contribution in [0, 0.1) is 5.92 Å². The molecule has 0 aliphatic rings. The van der Waals surface area contributed by atoms with Crippen molar-refractivity contribution in [3.63, 3.8) is 0 Å². The van der Waals surface area contributed by atoms with Crippen molar-refractivity contribution in [2.45, 2.75) is 44.5 Å². The summed E-state index contributed by atoms with van der Waals surface area (Å²) in [4.78, 5) is 12.5. The van der Waals surface area contributed by atoms with Gasteiger partial charge in [-0.25, -0.2) is 0 Å². The van der Waals surface area contributed by atoms with E-state index in [4.69, 9.17) is 4.74 Å². The van der Waals surface area contributed by atoms with Gasteiger partial charge >= 0.3 is 0 Å². The molecule has 3 rings (SSSR count). The summed E-state index contributed by atoms with van der Waals surface area (Å²) >= 11 is 1.42. The van der Waals surface area contributed by atoms with E-state index in [1.807, 2.05) is 60.9 Å². The summed E-state index contributed by atoms with van der Waals surface area (Å²) in [6.45, 7) is 9.30. The third kappa shape index (κ3) is 6.34. The lowest BCUT2D eigenvalue weighted by molar-refractivity contribution is -0.120. The number of amides is 1. The maximum atomic E-state index is 12.5. The molecule has 6 nitrogen and oxygen atoms in total. The molecule has 1 unspecified atom stereocenters. The van der Waals surface area contributed by atoms with Gasteiger partial charge in [-0.1, -0.05) is 55.9 Å². The standard InChI is InChI=1S/C24H30N4O2S/c1-5-30-21-13-11-20(12-14-21)28-22(15-19-9-7-6-8-10-19)26-27-24(28)31-18(4)23(29)25-16-17(2)3/h6-14,17-18H,5,15-16H2,1-4H3,(H,25,29). The van der Waals surface area contributed by atoms with Gasteiger partial charge in [0.25, 0.3) is 0 Å². The van der Waals surface area contributed by atoms with Gasteiger partial charge < -0.3 is 10.1 Å². The Balaban J connectivity index is 1.88. The van der Waals surface area contributed by atoms with Gasteiger partial charge in [-0.2, -0.15) is 0 Å². The lowest BCUT2D eigenvalue weighted by Gasteiger charge is -2.15. The number of ether oxygens (including phenoxy) is 1. The van der Waals surface area contributed by atoms with E-state index in [9.17, 15) is 4.79 Å². The Labute approximate surface area is 188 Å². The molecule has 0 fully saturated rings. The Kier molecular flexibility index (Phi) is 8.12. The minimum Gasteiger partial charge on any atom is -0.494 e. The van der Waals surface area contributed by atoms with E-state index in [0.29, 0.717) is 30.6 Å². The maximum absolute atomic E-state index is 12.5. The average molecular weight is 439 g/mol. The van der Waals surface area contributed by atoms with E-state index in [1.165, 1.54) is 11.8 Å². The fourth-order valence-electron chi connectivity index (χ4n) is 3.05. The quantitative estimate of drug-likeness (QED) is 0.472. The first-order valence-corrected chi connectivity index (χ1v) is 11.5. The third-order valence-electron chi connectivity index (χ3n) is 4.65. The van der Waals surface area contributed by atoms with Gasteiger partial charge in [-0.05, 0) is 49.6 Å². The van der Waals surface area contributed by atoms with Crippen molar-refractivity contribution in [1.82, 2.24) is 20.1 Å². The maximum Gasteiger partial charge on any atom is 0.233 e. The number of nitrogens with one attached hydrogen (secondary N) is 1. The zero-order chi connectivity index (χ0) is 22.2. The van der Waals surface area contributed by atoms with E-state index in [0.717, 1.165) is 22.8 Å². The van der Waals surface area contributed by atoms with Gasteiger partial charge in [0.15, 0.2) is 5.16 Å². The first-order chi connectivity index (χ1) is 15.0. The molecular formula is C24H30N4O2S. The summed E-state index contributed by atoms with van der Waals surface area (Å²) in [6.07, 6.45) is 0.648. The monoisotopic (exact) mass is 438 g/mol. The van der Waals surface area contributed by atoms with Gasteiger partial charge in [-0.3, -0.25) is 9.36 Å². The van der Waals surface area contributed by atoms with Crippen LogP contribution in [0.1, 0.15) is 39.1 Å². The summed E-state index contributed by atoms with van der Waals surface area (Å²) < 4.78 is 7.61. The molecule has 1 atom stereocenters. The molecule has 0 bridgehead atoms. The smallest absolute Gasteiger partial charge is 0.233 e. The summed E-state index contributed by atoms with van der Waals surface area (Å²) in [5.41, 5.74) is 2.10. The summed E-state index contributed by atoms with van der Waals surface area (Å²) in [5.74, 6) is 2.06. The largest absolute Gasteiger partial charge is 0.494 e. The van der Waals surface area contributed by atoms with E-state index in [-0.39, 0.29) is 11.2 Å². The second-order valence-corrected chi connectivity index (χ2v) is 9.03. The Morgan fingerprint density at radius 1 is 1.06 bits per heavy atom. The number of carbonyl (C=O) groups excluding carboxylic acids is 1. The predicted octanol–water partition coefficient (Wildman–Crippen LogP) is 4.51. The summed E-state index contributed by atoms with van der Waals surface area (Å²) in [7, 11) is 0. The topological polar surface area (TPSA) is 69.0 Å². The fourth-order valence-corrected chi connectivity index (χ4v) is 3.96. The number of aromatic nitrogens is 3. The lowest BCUT2D eigenvalue weighted by Crippen LogP contribution is -2.33. The number of thioether (sulfide) groups is 1. The van der Waals surface area contributed by atoms with E-state index >= 15 is 0 Å². The molecule has 0 saturated carbocycles. The molecule has 1 heterocycles. The van der Waals surface area contributed by atoms with Gasteiger partial charge in [0.05, 0.1) is 11.9 Å². The Hall–Kier alpha value is -2.80. The number of nitrogens with zero attached hydrogens (tertiary/aromatic N) is 3. The minimum atomic E-state index is -0.283. The van der Waals surface area contributed by atoms with Crippen LogP contribution in [0.3, 0.4) is 0 Å². The van der Waals surface area contributed by atoms with Gasteiger partial charge in [0.1, 0.15) is 11.6 Å². The number of carbonyl (C=O) groups is 1. The number of hydrogen-bond acceptors (Lipinski definition) is 5. The van der Waals surface area contributed by atoms with Crippen molar-refractivity contribution in [1.29, 1.82) is 0 Å². The first kappa shape index (κ1) is 22.9. The van der Waals surface area contributed by atoms with Crippen LogP contribution < -0.4 is 10.1 Å².